The molecule has 8 heteroatoms. The summed E-state index contributed by atoms with van der Waals surface area (Å²) in [6.45, 7) is 0.0598. The van der Waals surface area contributed by atoms with Crippen molar-refractivity contribution in [2.75, 3.05) is 5.32 Å². The zero-order valence-electron chi connectivity index (χ0n) is 13.1. The van der Waals surface area contributed by atoms with Gasteiger partial charge >= 0.3 is 0 Å². The predicted molar refractivity (Wildman–Crippen MR) is 95.8 cm³/mol. The molecule has 2 aromatic heterocycles. The molecule has 1 aromatic carbocycles. The summed E-state index contributed by atoms with van der Waals surface area (Å²) in [4.78, 5) is 13.1. The van der Waals surface area contributed by atoms with Crippen LogP contribution in [0.25, 0.3) is 0 Å². The minimum atomic E-state index is -3.70. The smallest absolute Gasteiger partial charge is 0.241 e. The Morgan fingerprint density at radius 2 is 2.00 bits per heavy atom. The lowest BCUT2D eigenvalue weighted by Gasteiger charge is -2.09. The number of rotatable bonds is 7. The van der Waals surface area contributed by atoms with Crippen LogP contribution in [-0.2, 0) is 27.8 Å². The minimum absolute atomic E-state index is 0.0598. The van der Waals surface area contributed by atoms with Crippen LogP contribution < -0.4 is 10.0 Å². The van der Waals surface area contributed by atoms with Gasteiger partial charge in [-0.2, -0.15) is 0 Å². The minimum Gasteiger partial charge on any atom is -0.468 e. The number of anilines is 1. The van der Waals surface area contributed by atoms with E-state index in [1.54, 1.807) is 24.3 Å². The van der Waals surface area contributed by atoms with E-state index in [1.807, 2.05) is 17.5 Å². The van der Waals surface area contributed by atoms with Gasteiger partial charge in [-0.3, -0.25) is 4.79 Å². The number of carbonyl (C=O) groups excluding carboxylic acids is 1. The molecule has 3 rings (SSSR count). The van der Waals surface area contributed by atoms with E-state index in [0.29, 0.717) is 11.4 Å². The number of hydrogen-bond donors (Lipinski definition) is 2. The molecule has 0 fully saturated rings. The predicted octanol–water partition coefficient (Wildman–Crippen LogP) is 3.00. The number of furan rings is 1. The standard InChI is InChI=1S/C17H16N2O4S2/c20-17(11-15-6-3-9-24-15)19-13-4-1-7-16(10-13)25(21,22)18-12-14-5-2-8-23-14/h1-10,18H,11-12H2,(H,19,20). The molecule has 6 nitrogen and oxygen atoms in total. The molecule has 1 amide bonds. The lowest BCUT2D eigenvalue weighted by Crippen LogP contribution is -2.23. The van der Waals surface area contributed by atoms with E-state index >= 15 is 0 Å². The van der Waals surface area contributed by atoms with Gasteiger partial charge < -0.3 is 9.73 Å². The van der Waals surface area contributed by atoms with Gasteiger partial charge in [0.1, 0.15) is 5.76 Å². The summed E-state index contributed by atoms with van der Waals surface area (Å²) in [7, 11) is -3.70. The molecule has 0 spiro atoms. The summed E-state index contributed by atoms with van der Waals surface area (Å²) in [6, 6.07) is 13.3. The zero-order valence-corrected chi connectivity index (χ0v) is 14.8. The number of hydrogen-bond acceptors (Lipinski definition) is 5. The first-order valence-corrected chi connectivity index (χ1v) is 9.83. The average Bonchev–Trinajstić information content (AvgIpc) is 3.27. The highest BCUT2D eigenvalue weighted by Crippen LogP contribution is 2.17. The van der Waals surface area contributed by atoms with Gasteiger partial charge in [-0.25, -0.2) is 13.1 Å². The highest BCUT2D eigenvalue weighted by atomic mass is 32.2. The van der Waals surface area contributed by atoms with Crippen LogP contribution in [0.2, 0.25) is 0 Å². The van der Waals surface area contributed by atoms with Crippen molar-refractivity contribution in [3.05, 3.63) is 70.8 Å². The summed E-state index contributed by atoms with van der Waals surface area (Å²) in [6.07, 6.45) is 1.73. The molecule has 0 atom stereocenters. The Hall–Kier alpha value is -2.42. The van der Waals surface area contributed by atoms with Crippen molar-refractivity contribution in [1.29, 1.82) is 0 Å². The van der Waals surface area contributed by atoms with Crippen LogP contribution in [0.3, 0.4) is 0 Å². The third-order valence-corrected chi connectivity index (χ3v) is 5.63. The van der Waals surface area contributed by atoms with Gasteiger partial charge in [0.05, 0.1) is 24.1 Å². The number of sulfonamides is 1. The Morgan fingerprint density at radius 3 is 2.72 bits per heavy atom. The second kappa shape index (κ2) is 7.64. The van der Waals surface area contributed by atoms with Gasteiger partial charge in [0, 0.05) is 10.6 Å². The molecule has 0 radical (unpaired) electrons. The molecule has 2 heterocycles. The Bertz CT molecular complexity index is 933. The Kier molecular flexibility index (Phi) is 5.32. The van der Waals surface area contributed by atoms with Gasteiger partial charge in [-0.15, -0.1) is 11.3 Å². The first kappa shape index (κ1) is 17.4. The van der Waals surface area contributed by atoms with Crippen LogP contribution in [0.15, 0.2) is 69.5 Å². The Balaban J connectivity index is 1.66. The van der Waals surface area contributed by atoms with Crippen molar-refractivity contribution in [1.82, 2.24) is 4.72 Å². The average molecular weight is 376 g/mol. The number of benzene rings is 1. The van der Waals surface area contributed by atoms with Crippen LogP contribution in [0.4, 0.5) is 5.69 Å². The van der Waals surface area contributed by atoms with Crippen LogP contribution >= 0.6 is 11.3 Å². The molecule has 0 aliphatic heterocycles. The maximum atomic E-state index is 12.4. The zero-order chi connectivity index (χ0) is 17.7. The number of thiophene rings is 1. The summed E-state index contributed by atoms with van der Waals surface area (Å²) in [5.41, 5.74) is 0.433. The van der Waals surface area contributed by atoms with Crippen molar-refractivity contribution in [2.45, 2.75) is 17.9 Å². The van der Waals surface area contributed by atoms with E-state index in [-0.39, 0.29) is 23.8 Å². The van der Waals surface area contributed by atoms with E-state index < -0.39 is 10.0 Å². The summed E-state index contributed by atoms with van der Waals surface area (Å²) in [5.74, 6) is 0.324. The first-order chi connectivity index (χ1) is 12.0. The van der Waals surface area contributed by atoms with Crippen molar-refractivity contribution >= 4 is 33.0 Å². The highest BCUT2D eigenvalue weighted by Gasteiger charge is 2.15. The number of carbonyl (C=O) groups is 1. The van der Waals surface area contributed by atoms with Crippen LogP contribution in [-0.4, -0.2) is 14.3 Å². The largest absolute Gasteiger partial charge is 0.468 e. The van der Waals surface area contributed by atoms with Crippen molar-refractivity contribution in [3.63, 3.8) is 0 Å². The molecule has 0 saturated carbocycles. The lowest BCUT2D eigenvalue weighted by molar-refractivity contribution is -0.115. The summed E-state index contributed by atoms with van der Waals surface area (Å²) < 4.78 is 32.3. The van der Waals surface area contributed by atoms with Gasteiger partial charge in [0.2, 0.25) is 15.9 Å². The normalized spacial score (nSPS) is 11.4. The van der Waals surface area contributed by atoms with E-state index in [0.717, 1.165) is 4.88 Å². The van der Waals surface area contributed by atoms with Crippen molar-refractivity contribution < 1.29 is 17.6 Å². The first-order valence-electron chi connectivity index (χ1n) is 7.47. The Morgan fingerprint density at radius 1 is 1.12 bits per heavy atom. The van der Waals surface area contributed by atoms with Gasteiger partial charge in [-0.05, 0) is 41.8 Å². The second-order valence-corrected chi connectivity index (χ2v) is 8.04. The third-order valence-electron chi connectivity index (χ3n) is 3.36. The molecule has 3 aromatic rings. The van der Waals surface area contributed by atoms with Crippen LogP contribution in [0.5, 0.6) is 0 Å². The van der Waals surface area contributed by atoms with E-state index in [4.69, 9.17) is 4.42 Å². The van der Waals surface area contributed by atoms with Crippen LogP contribution in [0.1, 0.15) is 10.6 Å². The number of nitrogens with one attached hydrogen (secondary N) is 2. The molecule has 2 N–H and O–H groups in total. The maximum absolute atomic E-state index is 12.4. The topological polar surface area (TPSA) is 88.4 Å². The lowest BCUT2D eigenvalue weighted by atomic mass is 10.3. The fraction of sp³-hybridized carbons (Fsp3) is 0.118. The van der Waals surface area contributed by atoms with Crippen LogP contribution in [0, 0.1) is 0 Å². The monoisotopic (exact) mass is 376 g/mol. The van der Waals surface area contributed by atoms with Crippen molar-refractivity contribution in [3.8, 4) is 0 Å². The highest BCUT2D eigenvalue weighted by molar-refractivity contribution is 7.89. The molecule has 0 bridgehead atoms. The summed E-state index contributed by atoms with van der Waals surface area (Å²) in [5, 5.41) is 4.62. The quantitative estimate of drug-likeness (QED) is 0.663. The molecule has 130 valence electrons. The molecule has 0 unspecified atom stereocenters. The number of amides is 1. The Labute approximate surface area is 149 Å². The molecule has 0 saturated heterocycles. The molecular formula is C17H16N2O4S2. The molecule has 0 aliphatic rings. The second-order valence-electron chi connectivity index (χ2n) is 5.24. The van der Waals surface area contributed by atoms with E-state index in [1.165, 1.54) is 29.7 Å². The van der Waals surface area contributed by atoms with E-state index in [9.17, 15) is 13.2 Å². The third kappa shape index (κ3) is 4.79. The van der Waals surface area contributed by atoms with Crippen molar-refractivity contribution in [2.24, 2.45) is 0 Å². The molecule has 25 heavy (non-hydrogen) atoms. The van der Waals surface area contributed by atoms with Gasteiger partial charge in [0.15, 0.2) is 0 Å². The molecular weight excluding hydrogens is 360 g/mol. The van der Waals surface area contributed by atoms with E-state index in [2.05, 4.69) is 10.0 Å². The van der Waals surface area contributed by atoms with Gasteiger partial charge in [-0.1, -0.05) is 12.1 Å². The molecule has 0 aliphatic carbocycles. The fourth-order valence-corrected chi connectivity index (χ4v) is 3.92. The SMILES string of the molecule is O=C(Cc1cccs1)Nc1cccc(S(=O)(=O)NCc2ccco2)c1. The summed E-state index contributed by atoms with van der Waals surface area (Å²) >= 11 is 1.50. The fourth-order valence-electron chi connectivity index (χ4n) is 2.18. The van der Waals surface area contributed by atoms with Gasteiger partial charge in [0.25, 0.3) is 0 Å². The maximum Gasteiger partial charge on any atom is 0.241 e.